The monoisotopic (exact) mass is 300 g/mol. The van der Waals surface area contributed by atoms with Crippen molar-refractivity contribution in [2.24, 2.45) is 0 Å². The van der Waals surface area contributed by atoms with Crippen LogP contribution in [-0.4, -0.2) is 20.6 Å². The Morgan fingerprint density at radius 3 is 2.52 bits per heavy atom. The number of rotatable bonds is 2. The number of nitrogens with zero attached hydrogens (tertiary/aromatic N) is 3. The van der Waals surface area contributed by atoms with E-state index in [4.69, 9.17) is 5.26 Å². The molecule has 0 saturated heterocycles. The molecule has 21 heavy (non-hydrogen) atoms. The molecule has 0 aromatic heterocycles. The third-order valence-electron chi connectivity index (χ3n) is 3.16. The van der Waals surface area contributed by atoms with Gasteiger partial charge in [-0.3, -0.25) is 5.43 Å². The summed E-state index contributed by atoms with van der Waals surface area (Å²) in [6.45, 7) is 0. The average Bonchev–Trinajstić information content (AvgIpc) is 2.83. The van der Waals surface area contributed by atoms with E-state index in [0.717, 1.165) is 4.41 Å². The number of anilines is 2. The standard InChI is InChI=1S/C14H12N4O2S/c1-17-16-13-8-7-11(10-15)9-14(13)18(17)21(19,20)12-5-3-2-4-6-12/h2-9,16H,1H3. The van der Waals surface area contributed by atoms with E-state index in [2.05, 4.69) is 5.43 Å². The largest absolute Gasteiger partial charge is 0.298 e. The van der Waals surface area contributed by atoms with Crippen LogP contribution < -0.4 is 9.84 Å². The Kier molecular flexibility index (Phi) is 3.05. The number of sulfonamides is 1. The van der Waals surface area contributed by atoms with Crippen LogP contribution >= 0.6 is 0 Å². The molecule has 0 unspecified atom stereocenters. The highest BCUT2D eigenvalue weighted by molar-refractivity contribution is 7.92. The first-order valence-electron chi connectivity index (χ1n) is 6.19. The van der Waals surface area contributed by atoms with E-state index in [1.807, 2.05) is 6.07 Å². The molecule has 2 aromatic carbocycles. The lowest BCUT2D eigenvalue weighted by Gasteiger charge is -2.25. The second kappa shape index (κ2) is 4.77. The van der Waals surface area contributed by atoms with Gasteiger partial charge in [-0.25, -0.2) is 0 Å². The van der Waals surface area contributed by atoms with Crippen LogP contribution in [0.15, 0.2) is 53.4 Å². The summed E-state index contributed by atoms with van der Waals surface area (Å²) in [5.74, 6) is 0. The fourth-order valence-electron chi connectivity index (χ4n) is 2.22. The zero-order valence-corrected chi connectivity index (χ0v) is 12.0. The Hall–Kier alpha value is -2.56. The van der Waals surface area contributed by atoms with Crippen LogP contribution in [0, 0.1) is 11.3 Å². The van der Waals surface area contributed by atoms with Gasteiger partial charge in [0.25, 0.3) is 10.0 Å². The van der Waals surface area contributed by atoms with Crippen LogP contribution in [0.3, 0.4) is 0 Å². The lowest BCUT2D eigenvalue weighted by atomic mass is 10.2. The Morgan fingerprint density at radius 1 is 1.14 bits per heavy atom. The molecule has 0 atom stereocenters. The summed E-state index contributed by atoms with van der Waals surface area (Å²) in [5, 5.41) is 10.4. The smallest absolute Gasteiger partial charge is 0.279 e. The van der Waals surface area contributed by atoms with Crippen LogP contribution in [0.2, 0.25) is 0 Å². The first kappa shape index (κ1) is 13.4. The molecule has 106 valence electrons. The number of hydrazine groups is 2. The van der Waals surface area contributed by atoms with Gasteiger partial charge < -0.3 is 0 Å². The molecule has 7 heteroatoms. The van der Waals surface area contributed by atoms with Crippen molar-refractivity contribution >= 4 is 21.4 Å². The summed E-state index contributed by atoms with van der Waals surface area (Å²) in [6, 6.07) is 15.1. The van der Waals surface area contributed by atoms with Crippen LogP contribution in [0.5, 0.6) is 0 Å². The van der Waals surface area contributed by atoms with Crippen molar-refractivity contribution in [2.75, 3.05) is 16.9 Å². The van der Waals surface area contributed by atoms with Crippen LogP contribution in [0.4, 0.5) is 11.4 Å². The van der Waals surface area contributed by atoms with Gasteiger partial charge >= 0.3 is 0 Å². The number of hydrogen-bond donors (Lipinski definition) is 1. The van der Waals surface area contributed by atoms with Gasteiger partial charge in [-0.1, -0.05) is 18.2 Å². The van der Waals surface area contributed by atoms with E-state index in [9.17, 15) is 8.42 Å². The highest BCUT2D eigenvalue weighted by atomic mass is 32.2. The zero-order valence-electron chi connectivity index (χ0n) is 11.2. The first-order valence-corrected chi connectivity index (χ1v) is 7.63. The van der Waals surface area contributed by atoms with Crippen molar-refractivity contribution in [3.8, 4) is 6.07 Å². The van der Waals surface area contributed by atoms with E-state index in [1.165, 1.54) is 17.3 Å². The van der Waals surface area contributed by atoms with E-state index in [-0.39, 0.29) is 4.90 Å². The molecule has 0 aliphatic carbocycles. The normalized spacial score (nSPS) is 14.4. The third-order valence-corrected chi connectivity index (χ3v) is 4.92. The Bertz CT molecular complexity index is 828. The molecule has 0 spiro atoms. The predicted octanol–water partition coefficient (Wildman–Crippen LogP) is 1.94. The molecule has 1 aliphatic heterocycles. The van der Waals surface area contributed by atoms with E-state index < -0.39 is 10.0 Å². The lowest BCUT2D eigenvalue weighted by molar-refractivity contribution is 0.437. The summed E-state index contributed by atoms with van der Waals surface area (Å²) in [4.78, 5) is 0.189. The van der Waals surface area contributed by atoms with Crippen molar-refractivity contribution in [3.63, 3.8) is 0 Å². The fraction of sp³-hybridized carbons (Fsp3) is 0.0714. The number of hydrogen-bond acceptors (Lipinski definition) is 5. The van der Waals surface area contributed by atoms with E-state index >= 15 is 0 Å². The highest BCUT2D eigenvalue weighted by Gasteiger charge is 2.35. The number of benzene rings is 2. The molecule has 0 fully saturated rings. The minimum Gasteiger partial charge on any atom is -0.298 e. The molecule has 1 N–H and O–H groups in total. The second-order valence-corrected chi connectivity index (χ2v) is 6.31. The van der Waals surface area contributed by atoms with Gasteiger partial charge in [-0.2, -0.15) is 18.1 Å². The molecule has 2 aromatic rings. The van der Waals surface area contributed by atoms with Gasteiger partial charge in [-0.05, 0) is 30.3 Å². The predicted molar refractivity (Wildman–Crippen MR) is 78.6 cm³/mol. The quantitative estimate of drug-likeness (QED) is 0.917. The second-order valence-electron chi connectivity index (χ2n) is 4.54. The van der Waals surface area contributed by atoms with Crippen LogP contribution in [-0.2, 0) is 10.0 Å². The van der Waals surface area contributed by atoms with Crippen molar-refractivity contribution in [1.29, 1.82) is 5.26 Å². The maximum absolute atomic E-state index is 12.8. The van der Waals surface area contributed by atoms with E-state index in [1.54, 1.807) is 43.4 Å². The molecule has 6 nitrogen and oxygen atoms in total. The molecule has 3 rings (SSSR count). The molecular formula is C14H12N4O2S. The molecule has 0 amide bonds. The molecular weight excluding hydrogens is 288 g/mol. The third kappa shape index (κ3) is 2.11. The first-order chi connectivity index (χ1) is 10.0. The van der Waals surface area contributed by atoms with Gasteiger partial charge in [-0.15, -0.1) is 5.12 Å². The summed E-state index contributed by atoms with van der Waals surface area (Å²) < 4.78 is 26.7. The molecule has 0 bridgehead atoms. The Labute approximate surface area is 122 Å². The van der Waals surface area contributed by atoms with Crippen LogP contribution in [0.25, 0.3) is 0 Å². The molecule has 1 heterocycles. The zero-order chi connectivity index (χ0) is 15.0. The average molecular weight is 300 g/mol. The minimum atomic E-state index is -3.74. The van der Waals surface area contributed by atoms with Crippen LogP contribution in [0.1, 0.15) is 5.56 Å². The van der Waals surface area contributed by atoms with E-state index in [0.29, 0.717) is 16.9 Å². The molecule has 0 saturated carbocycles. The maximum Gasteiger partial charge on any atom is 0.279 e. The summed E-state index contributed by atoms with van der Waals surface area (Å²) in [6.07, 6.45) is 0. The molecule has 0 radical (unpaired) electrons. The van der Waals surface area contributed by atoms with Gasteiger partial charge in [0, 0.05) is 7.05 Å². The number of fused-ring (bicyclic) bond motifs is 1. The number of nitrogens with one attached hydrogen (secondary N) is 1. The van der Waals surface area contributed by atoms with Gasteiger partial charge in [0.05, 0.1) is 27.9 Å². The van der Waals surface area contributed by atoms with Gasteiger partial charge in [0.15, 0.2) is 0 Å². The highest BCUT2D eigenvalue weighted by Crippen LogP contribution is 2.37. The summed E-state index contributed by atoms with van der Waals surface area (Å²) in [5.41, 5.74) is 4.41. The van der Waals surface area contributed by atoms with Gasteiger partial charge in [0.1, 0.15) is 0 Å². The van der Waals surface area contributed by atoms with Gasteiger partial charge in [0.2, 0.25) is 0 Å². The Balaban J connectivity index is 2.15. The Morgan fingerprint density at radius 2 is 1.86 bits per heavy atom. The molecule has 1 aliphatic rings. The topological polar surface area (TPSA) is 76.4 Å². The van der Waals surface area contributed by atoms with Crippen molar-refractivity contribution in [3.05, 3.63) is 54.1 Å². The van der Waals surface area contributed by atoms with Crippen molar-refractivity contribution < 1.29 is 8.42 Å². The maximum atomic E-state index is 12.8. The minimum absolute atomic E-state index is 0.189. The van der Waals surface area contributed by atoms with Crippen molar-refractivity contribution in [1.82, 2.24) is 5.12 Å². The fourth-order valence-corrected chi connectivity index (χ4v) is 3.69. The summed E-state index contributed by atoms with van der Waals surface area (Å²) >= 11 is 0. The summed E-state index contributed by atoms with van der Waals surface area (Å²) in [7, 11) is -2.14. The van der Waals surface area contributed by atoms with Crippen molar-refractivity contribution in [2.45, 2.75) is 4.90 Å². The SMILES string of the molecule is CN1Nc2ccc(C#N)cc2N1S(=O)(=O)c1ccccc1. The lowest BCUT2D eigenvalue weighted by Crippen LogP contribution is -2.42. The number of nitriles is 1.